The van der Waals surface area contributed by atoms with Crippen LogP contribution in [0.3, 0.4) is 0 Å². The van der Waals surface area contributed by atoms with Crippen LogP contribution in [0.1, 0.15) is 44.5 Å². The molecule has 0 aromatic carbocycles. The summed E-state index contributed by atoms with van der Waals surface area (Å²) in [6.07, 6.45) is 5.89. The van der Waals surface area contributed by atoms with Crippen molar-refractivity contribution in [3.8, 4) is 0 Å². The number of aromatic nitrogens is 2. The second-order valence-electron chi connectivity index (χ2n) is 4.00. The third kappa shape index (κ3) is 3.98. The lowest BCUT2D eigenvalue weighted by Crippen LogP contribution is -2.01. The van der Waals surface area contributed by atoms with Crippen LogP contribution in [0.2, 0.25) is 0 Å². The van der Waals surface area contributed by atoms with E-state index in [1.807, 2.05) is 11.7 Å². The highest BCUT2D eigenvalue weighted by atomic mass is 79.9. The number of hydrogen-bond donors (Lipinski definition) is 0. The maximum absolute atomic E-state index is 4.45. The number of rotatable bonds is 6. The summed E-state index contributed by atoms with van der Waals surface area (Å²) in [5, 5.41) is 4.45. The summed E-state index contributed by atoms with van der Waals surface area (Å²) in [4.78, 5) is 0.677. The number of alkyl halides is 1. The fraction of sp³-hybridized carbons (Fsp3) is 0.750. The first-order chi connectivity index (χ1) is 7.17. The van der Waals surface area contributed by atoms with E-state index < -0.39 is 0 Å². The largest absolute Gasteiger partial charge is 0.272 e. The predicted molar refractivity (Wildman–Crippen MR) is 68.5 cm³/mol. The molecule has 0 saturated heterocycles. The molecule has 0 amide bonds. The Bertz CT molecular complexity index is 294. The Labute approximate surface area is 101 Å². The van der Waals surface area contributed by atoms with Gasteiger partial charge in [0, 0.05) is 17.6 Å². The summed E-state index contributed by atoms with van der Waals surface area (Å²) in [7, 11) is 2.04. The van der Waals surface area contributed by atoms with E-state index in [0.717, 1.165) is 12.8 Å². The lowest BCUT2D eigenvalue weighted by Gasteiger charge is -2.06. The van der Waals surface area contributed by atoms with E-state index in [0.29, 0.717) is 4.83 Å². The van der Waals surface area contributed by atoms with Crippen LogP contribution >= 0.6 is 15.9 Å². The van der Waals surface area contributed by atoms with E-state index in [4.69, 9.17) is 0 Å². The van der Waals surface area contributed by atoms with Crippen molar-refractivity contribution in [2.45, 2.75) is 50.8 Å². The van der Waals surface area contributed by atoms with Crippen LogP contribution in [0.15, 0.2) is 6.07 Å². The summed E-state index contributed by atoms with van der Waals surface area (Å²) in [5.74, 6) is 0. The van der Waals surface area contributed by atoms with Gasteiger partial charge in [0.05, 0.1) is 5.69 Å². The molecule has 1 aromatic rings. The van der Waals surface area contributed by atoms with Crippen LogP contribution < -0.4 is 0 Å². The van der Waals surface area contributed by atoms with Gasteiger partial charge in [0.2, 0.25) is 0 Å². The SMILES string of the molecule is CCc1cc(CCCC(Br)CC)n(C)n1. The molecule has 1 rings (SSSR count). The molecule has 0 bridgehead atoms. The summed E-state index contributed by atoms with van der Waals surface area (Å²) < 4.78 is 2.02. The molecule has 1 aromatic heterocycles. The van der Waals surface area contributed by atoms with Gasteiger partial charge in [-0.3, -0.25) is 4.68 Å². The molecule has 0 saturated carbocycles. The average molecular weight is 273 g/mol. The molecule has 1 unspecified atom stereocenters. The van der Waals surface area contributed by atoms with Crippen molar-refractivity contribution in [3.05, 3.63) is 17.5 Å². The van der Waals surface area contributed by atoms with E-state index in [1.165, 1.54) is 30.7 Å². The minimum absolute atomic E-state index is 0.677. The highest BCUT2D eigenvalue weighted by Crippen LogP contribution is 2.14. The molecule has 2 nitrogen and oxygen atoms in total. The normalized spacial score (nSPS) is 13.1. The standard InChI is InChI=1S/C12H21BrN2/c1-4-10(13)7-6-8-12-9-11(5-2)14-15(12)3/h9-10H,4-8H2,1-3H3. The zero-order valence-corrected chi connectivity index (χ0v) is 11.5. The van der Waals surface area contributed by atoms with Crippen molar-refractivity contribution in [1.29, 1.82) is 0 Å². The van der Waals surface area contributed by atoms with E-state index in [1.54, 1.807) is 0 Å². The highest BCUT2D eigenvalue weighted by Gasteiger charge is 2.05. The Morgan fingerprint density at radius 1 is 1.47 bits per heavy atom. The van der Waals surface area contributed by atoms with Gasteiger partial charge in [-0.1, -0.05) is 29.8 Å². The molecule has 15 heavy (non-hydrogen) atoms. The van der Waals surface area contributed by atoms with Crippen LogP contribution in [0, 0.1) is 0 Å². The van der Waals surface area contributed by atoms with Crippen LogP contribution in [-0.2, 0) is 19.9 Å². The summed E-state index contributed by atoms with van der Waals surface area (Å²) in [6, 6.07) is 2.23. The Morgan fingerprint density at radius 2 is 2.20 bits per heavy atom. The molecule has 0 radical (unpaired) electrons. The molecule has 86 valence electrons. The van der Waals surface area contributed by atoms with Gasteiger partial charge in [0.25, 0.3) is 0 Å². The van der Waals surface area contributed by atoms with Gasteiger partial charge in [-0.25, -0.2) is 0 Å². The Kier molecular flexibility index (Phi) is 5.37. The van der Waals surface area contributed by atoms with Gasteiger partial charge < -0.3 is 0 Å². The first-order valence-corrected chi connectivity index (χ1v) is 6.74. The number of aryl methyl sites for hydroxylation is 3. The van der Waals surface area contributed by atoms with E-state index in [9.17, 15) is 0 Å². The minimum atomic E-state index is 0.677. The zero-order valence-electron chi connectivity index (χ0n) is 9.96. The lowest BCUT2D eigenvalue weighted by molar-refractivity contribution is 0.640. The number of nitrogens with zero attached hydrogens (tertiary/aromatic N) is 2. The first-order valence-electron chi connectivity index (χ1n) is 5.83. The molecular formula is C12H21BrN2. The van der Waals surface area contributed by atoms with Crippen LogP contribution in [0.25, 0.3) is 0 Å². The molecule has 0 aliphatic carbocycles. The summed E-state index contributed by atoms with van der Waals surface area (Å²) >= 11 is 3.67. The fourth-order valence-electron chi connectivity index (χ4n) is 1.69. The van der Waals surface area contributed by atoms with Gasteiger partial charge in [-0.15, -0.1) is 0 Å². The van der Waals surface area contributed by atoms with Crippen molar-refractivity contribution in [2.75, 3.05) is 0 Å². The zero-order chi connectivity index (χ0) is 11.3. The monoisotopic (exact) mass is 272 g/mol. The third-order valence-corrected chi connectivity index (χ3v) is 3.89. The first kappa shape index (κ1) is 12.8. The highest BCUT2D eigenvalue weighted by molar-refractivity contribution is 9.09. The number of halogens is 1. The summed E-state index contributed by atoms with van der Waals surface area (Å²) in [5.41, 5.74) is 2.57. The Hall–Kier alpha value is -0.310. The smallest absolute Gasteiger partial charge is 0.0624 e. The van der Waals surface area contributed by atoms with Crippen molar-refractivity contribution in [2.24, 2.45) is 7.05 Å². The van der Waals surface area contributed by atoms with Gasteiger partial charge in [0.1, 0.15) is 0 Å². The van der Waals surface area contributed by atoms with Crippen molar-refractivity contribution in [3.63, 3.8) is 0 Å². The van der Waals surface area contributed by atoms with Gasteiger partial charge in [-0.2, -0.15) is 5.10 Å². The molecular weight excluding hydrogens is 252 g/mol. The second kappa shape index (κ2) is 6.31. The molecule has 0 N–H and O–H groups in total. The van der Waals surface area contributed by atoms with Crippen LogP contribution in [-0.4, -0.2) is 14.6 Å². The molecule has 0 fully saturated rings. The topological polar surface area (TPSA) is 17.8 Å². The fourth-order valence-corrected chi connectivity index (χ4v) is 2.01. The second-order valence-corrected chi connectivity index (χ2v) is 5.30. The van der Waals surface area contributed by atoms with Crippen LogP contribution in [0.4, 0.5) is 0 Å². The van der Waals surface area contributed by atoms with E-state index in [2.05, 4.69) is 40.9 Å². The lowest BCUT2D eigenvalue weighted by atomic mass is 10.1. The molecule has 0 aliphatic rings. The van der Waals surface area contributed by atoms with Crippen molar-refractivity contribution in [1.82, 2.24) is 9.78 Å². The Balaban J connectivity index is 2.40. The third-order valence-electron chi connectivity index (χ3n) is 2.78. The molecule has 1 atom stereocenters. The Morgan fingerprint density at radius 3 is 2.73 bits per heavy atom. The maximum Gasteiger partial charge on any atom is 0.0624 e. The molecule has 1 heterocycles. The van der Waals surface area contributed by atoms with E-state index >= 15 is 0 Å². The van der Waals surface area contributed by atoms with Gasteiger partial charge >= 0.3 is 0 Å². The molecule has 0 aliphatic heterocycles. The maximum atomic E-state index is 4.45. The summed E-state index contributed by atoms with van der Waals surface area (Å²) in [6.45, 7) is 4.37. The molecule has 3 heteroatoms. The van der Waals surface area contributed by atoms with Crippen LogP contribution in [0.5, 0.6) is 0 Å². The van der Waals surface area contributed by atoms with E-state index in [-0.39, 0.29) is 0 Å². The minimum Gasteiger partial charge on any atom is -0.272 e. The predicted octanol–water partition coefficient (Wildman–Crippen LogP) is 3.48. The van der Waals surface area contributed by atoms with Crippen molar-refractivity contribution >= 4 is 15.9 Å². The number of hydrogen-bond acceptors (Lipinski definition) is 1. The quantitative estimate of drug-likeness (QED) is 0.725. The van der Waals surface area contributed by atoms with Gasteiger partial charge in [-0.05, 0) is 38.2 Å². The average Bonchev–Trinajstić information content (AvgIpc) is 2.59. The molecule has 0 spiro atoms. The van der Waals surface area contributed by atoms with Gasteiger partial charge in [0.15, 0.2) is 0 Å². The van der Waals surface area contributed by atoms with Crippen molar-refractivity contribution < 1.29 is 0 Å².